The first kappa shape index (κ1) is 18.5. The number of nitrogens with zero attached hydrogens (tertiary/aromatic N) is 2. The number of hydrogen-bond acceptors (Lipinski definition) is 5. The van der Waals surface area contributed by atoms with Gasteiger partial charge in [0.25, 0.3) is 11.8 Å². The van der Waals surface area contributed by atoms with Gasteiger partial charge in [0.1, 0.15) is 6.04 Å². The molecular formula is C16H17F2N3O4. The van der Waals surface area contributed by atoms with E-state index in [0.717, 1.165) is 0 Å². The van der Waals surface area contributed by atoms with Crippen LogP contribution in [0.4, 0.5) is 8.78 Å². The van der Waals surface area contributed by atoms with Gasteiger partial charge < -0.3 is 14.9 Å². The molecule has 1 unspecified atom stereocenters. The maximum absolute atomic E-state index is 12.4. The van der Waals surface area contributed by atoms with Crippen LogP contribution in [0.1, 0.15) is 42.9 Å². The van der Waals surface area contributed by atoms with Gasteiger partial charge in [-0.2, -0.15) is 13.8 Å². The zero-order chi connectivity index (χ0) is 18.6. The number of aromatic nitrogens is 2. The summed E-state index contributed by atoms with van der Waals surface area (Å²) in [7, 11) is 0. The molecule has 0 fully saturated rings. The van der Waals surface area contributed by atoms with E-state index >= 15 is 0 Å². The zero-order valence-corrected chi connectivity index (χ0v) is 13.6. The highest BCUT2D eigenvalue weighted by Gasteiger charge is 2.22. The Morgan fingerprint density at radius 3 is 2.36 bits per heavy atom. The van der Waals surface area contributed by atoms with E-state index in [1.54, 1.807) is 0 Å². The van der Waals surface area contributed by atoms with Gasteiger partial charge in [-0.25, -0.2) is 4.79 Å². The topological polar surface area (TPSA) is 105 Å². The molecule has 0 spiro atoms. The number of hydrogen-bond donors (Lipinski definition) is 2. The lowest BCUT2D eigenvalue weighted by Gasteiger charge is -2.16. The minimum absolute atomic E-state index is 0.0227. The first-order chi connectivity index (χ1) is 11.8. The fourth-order valence-corrected chi connectivity index (χ4v) is 2.15. The molecular weight excluding hydrogens is 336 g/mol. The third-order valence-corrected chi connectivity index (χ3v) is 3.34. The molecule has 9 heteroatoms. The van der Waals surface area contributed by atoms with E-state index in [9.17, 15) is 18.4 Å². The number of alkyl halides is 2. The third-order valence-electron chi connectivity index (χ3n) is 3.34. The maximum atomic E-state index is 12.4. The van der Waals surface area contributed by atoms with Gasteiger partial charge in [-0.05, 0) is 24.5 Å². The quantitative estimate of drug-likeness (QED) is 0.793. The van der Waals surface area contributed by atoms with E-state index in [1.807, 2.05) is 13.8 Å². The Bertz CT molecular complexity index is 744. The van der Waals surface area contributed by atoms with Crippen LogP contribution in [0.15, 0.2) is 28.8 Å². The van der Waals surface area contributed by atoms with Gasteiger partial charge in [0.2, 0.25) is 5.82 Å². The second-order valence-corrected chi connectivity index (χ2v) is 5.83. The lowest BCUT2D eigenvalue weighted by atomic mass is 10.0. The second-order valence-electron chi connectivity index (χ2n) is 5.83. The Hall–Kier alpha value is -2.84. The van der Waals surface area contributed by atoms with Crippen molar-refractivity contribution < 1.29 is 28.0 Å². The molecule has 0 aliphatic carbocycles. The average Bonchev–Trinajstić information content (AvgIpc) is 3.04. The highest BCUT2D eigenvalue weighted by Crippen LogP contribution is 2.21. The van der Waals surface area contributed by atoms with Crippen molar-refractivity contribution in [3.8, 4) is 11.4 Å². The van der Waals surface area contributed by atoms with Crippen molar-refractivity contribution in [3.05, 3.63) is 35.7 Å². The molecule has 134 valence electrons. The molecule has 0 aliphatic rings. The summed E-state index contributed by atoms with van der Waals surface area (Å²) in [4.78, 5) is 26.9. The smallest absolute Gasteiger partial charge is 0.326 e. The molecule has 1 aromatic carbocycles. The molecule has 2 aromatic rings. The summed E-state index contributed by atoms with van der Waals surface area (Å²) in [6, 6.07) is 4.80. The van der Waals surface area contributed by atoms with Gasteiger partial charge in [-0.1, -0.05) is 31.1 Å². The number of carboxylic acid groups (broad SMARTS) is 1. The normalized spacial score (nSPS) is 12.4. The van der Waals surface area contributed by atoms with Crippen LogP contribution in [0.2, 0.25) is 0 Å². The summed E-state index contributed by atoms with van der Waals surface area (Å²) in [6.45, 7) is 3.71. The van der Waals surface area contributed by atoms with E-state index in [0.29, 0.717) is 12.0 Å². The number of aliphatic carboxylic acids is 1. The average molecular weight is 353 g/mol. The predicted octanol–water partition coefficient (Wildman–Crippen LogP) is 2.90. The van der Waals surface area contributed by atoms with E-state index in [4.69, 9.17) is 5.11 Å². The van der Waals surface area contributed by atoms with Gasteiger partial charge in [-0.15, -0.1) is 0 Å². The summed E-state index contributed by atoms with van der Waals surface area (Å²) >= 11 is 0. The van der Waals surface area contributed by atoms with Crippen LogP contribution < -0.4 is 5.32 Å². The molecule has 2 N–H and O–H groups in total. The predicted molar refractivity (Wildman–Crippen MR) is 83.0 cm³/mol. The van der Waals surface area contributed by atoms with E-state index in [1.165, 1.54) is 24.3 Å². The van der Waals surface area contributed by atoms with Crippen molar-refractivity contribution in [2.45, 2.75) is 32.7 Å². The second kappa shape index (κ2) is 7.82. The van der Waals surface area contributed by atoms with Crippen molar-refractivity contribution >= 4 is 11.9 Å². The number of carbonyl (C=O) groups is 2. The highest BCUT2D eigenvalue weighted by molar-refractivity contribution is 5.96. The summed E-state index contributed by atoms with van der Waals surface area (Å²) in [5.74, 6) is -2.35. The van der Waals surface area contributed by atoms with Crippen molar-refractivity contribution in [1.29, 1.82) is 0 Å². The Labute approximate surface area is 142 Å². The first-order valence-corrected chi connectivity index (χ1v) is 7.53. The van der Waals surface area contributed by atoms with Crippen LogP contribution in [-0.2, 0) is 4.79 Å². The minimum atomic E-state index is -2.86. The van der Waals surface area contributed by atoms with Crippen LogP contribution in [0, 0.1) is 5.92 Å². The fraction of sp³-hybridized carbons (Fsp3) is 0.375. The lowest BCUT2D eigenvalue weighted by molar-refractivity contribution is -0.139. The Morgan fingerprint density at radius 2 is 1.88 bits per heavy atom. The van der Waals surface area contributed by atoms with Crippen molar-refractivity contribution in [2.24, 2.45) is 5.92 Å². The molecule has 25 heavy (non-hydrogen) atoms. The summed E-state index contributed by atoms with van der Waals surface area (Å²) in [6.07, 6.45) is -2.56. The third kappa shape index (κ3) is 4.82. The summed E-state index contributed by atoms with van der Waals surface area (Å²) in [5.41, 5.74) is 0.625. The van der Waals surface area contributed by atoms with Gasteiger partial charge in [0.05, 0.1) is 0 Å². The van der Waals surface area contributed by atoms with Crippen molar-refractivity contribution in [2.75, 3.05) is 0 Å². The Kier molecular flexibility index (Phi) is 5.79. The van der Waals surface area contributed by atoms with Crippen LogP contribution in [0.3, 0.4) is 0 Å². The summed E-state index contributed by atoms with van der Waals surface area (Å²) < 4.78 is 29.3. The number of carboxylic acids is 1. The monoisotopic (exact) mass is 353 g/mol. The molecule has 0 saturated heterocycles. The number of rotatable bonds is 7. The van der Waals surface area contributed by atoms with Crippen molar-refractivity contribution in [1.82, 2.24) is 15.5 Å². The molecule has 1 aromatic heterocycles. The molecule has 1 heterocycles. The van der Waals surface area contributed by atoms with Crippen LogP contribution >= 0.6 is 0 Å². The number of halogens is 2. The number of nitrogens with one attached hydrogen (secondary N) is 1. The maximum Gasteiger partial charge on any atom is 0.326 e. The van der Waals surface area contributed by atoms with E-state index in [-0.39, 0.29) is 17.3 Å². The molecule has 0 bridgehead atoms. The highest BCUT2D eigenvalue weighted by atomic mass is 19.3. The van der Waals surface area contributed by atoms with Gasteiger partial charge in [0.15, 0.2) is 0 Å². The first-order valence-electron chi connectivity index (χ1n) is 7.53. The summed E-state index contributed by atoms with van der Waals surface area (Å²) in [5, 5.41) is 15.1. The molecule has 2 rings (SSSR count). The molecule has 7 nitrogen and oxygen atoms in total. The standard InChI is InChI=1S/C16H17F2N3O4/c1-8(2)7-11(16(23)24)19-14(22)10-5-3-9(4-6-10)13-20-15(12(17)18)25-21-13/h3-6,8,11-12H,7H2,1-2H3,(H,19,22)(H,23,24). The van der Waals surface area contributed by atoms with Crippen molar-refractivity contribution in [3.63, 3.8) is 0 Å². The van der Waals surface area contributed by atoms with Crippen LogP contribution in [0.25, 0.3) is 11.4 Å². The van der Waals surface area contributed by atoms with E-state index < -0.39 is 30.2 Å². The minimum Gasteiger partial charge on any atom is -0.480 e. The molecule has 0 aliphatic heterocycles. The molecule has 0 radical (unpaired) electrons. The molecule has 1 atom stereocenters. The number of carbonyl (C=O) groups excluding carboxylic acids is 1. The fourth-order valence-electron chi connectivity index (χ4n) is 2.15. The van der Waals surface area contributed by atoms with Gasteiger partial charge >= 0.3 is 12.4 Å². The SMILES string of the molecule is CC(C)CC(NC(=O)c1ccc(-c2noc(C(F)F)n2)cc1)C(=O)O. The lowest BCUT2D eigenvalue weighted by Crippen LogP contribution is -2.41. The molecule has 0 saturated carbocycles. The van der Waals surface area contributed by atoms with Gasteiger partial charge in [0, 0.05) is 11.1 Å². The molecule has 1 amide bonds. The van der Waals surface area contributed by atoms with Crippen LogP contribution in [0.5, 0.6) is 0 Å². The number of benzene rings is 1. The van der Waals surface area contributed by atoms with E-state index in [2.05, 4.69) is 20.0 Å². The largest absolute Gasteiger partial charge is 0.480 e. The Balaban J connectivity index is 2.10. The number of amides is 1. The van der Waals surface area contributed by atoms with Crippen LogP contribution in [-0.4, -0.2) is 33.2 Å². The van der Waals surface area contributed by atoms with Gasteiger partial charge in [-0.3, -0.25) is 4.79 Å². The zero-order valence-electron chi connectivity index (χ0n) is 13.6. The Morgan fingerprint density at radius 1 is 1.24 bits per heavy atom.